The minimum absolute atomic E-state index is 0.174. The molecule has 1 N–H and O–H groups in total. The largest absolute Gasteiger partial charge is 0.444 e. The molecule has 134 valence electrons. The Balaban J connectivity index is 1.83. The van der Waals surface area contributed by atoms with Gasteiger partial charge in [-0.3, -0.25) is 0 Å². The second-order valence-corrected chi connectivity index (χ2v) is 7.04. The summed E-state index contributed by atoms with van der Waals surface area (Å²) in [5.74, 6) is -2.66. The maximum atomic E-state index is 13.6. The second-order valence-electron chi connectivity index (χ2n) is 7.04. The summed E-state index contributed by atoms with van der Waals surface area (Å²) >= 11 is 0. The number of nitrogens with zero attached hydrogens (tertiary/aromatic N) is 1. The maximum absolute atomic E-state index is 13.6. The van der Waals surface area contributed by atoms with Gasteiger partial charge >= 0.3 is 6.09 Å². The molecule has 0 radical (unpaired) electrons. The van der Waals surface area contributed by atoms with E-state index >= 15 is 0 Å². The third-order valence-corrected chi connectivity index (χ3v) is 3.84. The Morgan fingerprint density at radius 1 is 1.21 bits per heavy atom. The number of benzene rings is 1. The third-order valence-electron chi connectivity index (χ3n) is 3.84. The number of hydrogen-bond donors (Lipinski definition) is 1. The Hall–Kier alpha value is -1.92. The number of rotatable bonds is 3. The van der Waals surface area contributed by atoms with Gasteiger partial charge in [0.25, 0.3) is 0 Å². The first-order chi connectivity index (χ1) is 11.2. The van der Waals surface area contributed by atoms with Crippen molar-refractivity contribution in [3.05, 3.63) is 29.6 Å². The van der Waals surface area contributed by atoms with Crippen molar-refractivity contribution in [2.24, 2.45) is 5.92 Å². The molecule has 24 heavy (non-hydrogen) atoms. The summed E-state index contributed by atoms with van der Waals surface area (Å²) in [5.41, 5.74) is -0.849. The molecule has 1 aliphatic heterocycles. The van der Waals surface area contributed by atoms with Crippen LogP contribution in [0.4, 0.5) is 23.7 Å². The van der Waals surface area contributed by atoms with E-state index in [4.69, 9.17) is 4.74 Å². The topological polar surface area (TPSA) is 41.6 Å². The van der Waals surface area contributed by atoms with Crippen LogP contribution in [0, 0.1) is 23.4 Å². The van der Waals surface area contributed by atoms with Gasteiger partial charge in [0.05, 0.1) is 0 Å². The zero-order chi connectivity index (χ0) is 17.9. The van der Waals surface area contributed by atoms with E-state index in [0.717, 1.165) is 0 Å². The van der Waals surface area contributed by atoms with Crippen molar-refractivity contribution < 1.29 is 22.7 Å². The van der Waals surface area contributed by atoms with E-state index in [1.165, 1.54) is 0 Å². The lowest BCUT2D eigenvalue weighted by Crippen LogP contribution is -2.42. The lowest BCUT2D eigenvalue weighted by molar-refractivity contribution is 0.0188. The fourth-order valence-electron chi connectivity index (χ4n) is 2.60. The highest BCUT2D eigenvalue weighted by molar-refractivity contribution is 5.68. The number of likely N-dealkylation sites (tertiary alicyclic amines) is 1. The molecule has 1 fully saturated rings. The Labute approximate surface area is 140 Å². The molecule has 1 aromatic rings. The van der Waals surface area contributed by atoms with Gasteiger partial charge in [0.1, 0.15) is 17.1 Å². The Morgan fingerprint density at radius 3 is 2.25 bits per heavy atom. The number of ether oxygens (including phenoxy) is 1. The van der Waals surface area contributed by atoms with Crippen molar-refractivity contribution in [1.82, 2.24) is 4.90 Å². The molecule has 1 saturated heterocycles. The van der Waals surface area contributed by atoms with E-state index in [9.17, 15) is 18.0 Å². The number of piperidine rings is 1. The highest BCUT2D eigenvalue weighted by atomic mass is 19.1. The molecular formula is C17H23F3N2O2. The quantitative estimate of drug-likeness (QED) is 0.895. The molecule has 0 atom stereocenters. The lowest BCUT2D eigenvalue weighted by atomic mass is 9.97. The van der Waals surface area contributed by atoms with Crippen molar-refractivity contribution in [1.29, 1.82) is 0 Å². The molecule has 1 heterocycles. The van der Waals surface area contributed by atoms with Crippen LogP contribution in [0.3, 0.4) is 0 Å². The molecule has 0 spiro atoms. The van der Waals surface area contributed by atoms with Crippen LogP contribution in [0.25, 0.3) is 0 Å². The first-order valence-electron chi connectivity index (χ1n) is 8.02. The molecule has 0 aromatic heterocycles. The fraction of sp³-hybridized carbons (Fsp3) is 0.588. The van der Waals surface area contributed by atoms with Crippen molar-refractivity contribution in [3.8, 4) is 0 Å². The Morgan fingerprint density at radius 2 is 1.75 bits per heavy atom. The summed E-state index contributed by atoms with van der Waals surface area (Å²) in [7, 11) is 0. The Kier molecular flexibility index (Phi) is 5.62. The van der Waals surface area contributed by atoms with Gasteiger partial charge < -0.3 is 15.0 Å². The maximum Gasteiger partial charge on any atom is 0.410 e. The van der Waals surface area contributed by atoms with Gasteiger partial charge in [-0.05, 0) is 39.5 Å². The minimum Gasteiger partial charge on any atom is -0.444 e. The Bertz CT molecular complexity index is 571. The molecule has 2 rings (SSSR count). The molecule has 0 saturated carbocycles. The number of halogens is 3. The van der Waals surface area contributed by atoms with Crippen LogP contribution in [0.2, 0.25) is 0 Å². The van der Waals surface area contributed by atoms with Gasteiger partial charge in [0.2, 0.25) is 0 Å². The monoisotopic (exact) mass is 344 g/mol. The normalized spacial score (nSPS) is 16.2. The van der Waals surface area contributed by atoms with E-state index in [1.807, 2.05) is 20.8 Å². The van der Waals surface area contributed by atoms with Crippen LogP contribution < -0.4 is 5.32 Å². The molecular weight excluding hydrogens is 321 g/mol. The molecule has 0 bridgehead atoms. The summed E-state index contributed by atoms with van der Waals surface area (Å²) in [4.78, 5) is 13.6. The standard InChI is InChI=1S/C17H23F3N2O2/c1-17(2,3)24-16(23)22-6-4-11(5-7-22)10-21-15-13(19)8-12(18)9-14(15)20/h8-9,11,21H,4-7,10H2,1-3H3. The van der Waals surface area contributed by atoms with Crippen LogP contribution in [-0.2, 0) is 4.74 Å². The summed E-state index contributed by atoms with van der Waals surface area (Å²) in [6.45, 7) is 6.88. The molecule has 4 nitrogen and oxygen atoms in total. The van der Waals surface area contributed by atoms with E-state index in [1.54, 1.807) is 4.90 Å². The van der Waals surface area contributed by atoms with Gasteiger partial charge in [-0.2, -0.15) is 0 Å². The van der Waals surface area contributed by atoms with Crippen LogP contribution in [0.1, 0.15) is 33.6 Å². The summed E-state index contributed by atoms with van der Waals surface area (Å²) < 4.78 is 45.4. The molecule has 0 unspecified atom stereocenters. The average molecular weight is 344 g/mol. The number of carbonyl (C=O) groups excluding carboxylic acids is 1. The number of hydrogen-bond acceptors (Lipinski definition) is 3. The van der Waals surface area contributed by atoms with E-state index in [0.29, 0.717) is 44.6 Å². The number of nitrogens with one attached hydrogen (secondary N) is 1. The van der Waals surface area contributed by atoms with Gasteiger partial charge in [0.15, 0.2) is 11.6 Å². The van der Waals surface area contributed by atoms with Crippen molar-refractivity contribution >= 4 is 11.8 Å². The van der Waals surface area contributed by atoms with Gasteiger partial charge in [0, 0.05) is 31.8 Å². The van der Waals surface area contributed by atoms with Gasteiger partial charge in [-0.15, -0.1) is 0 Å². The molecule has 1 aliphatic rings. The molecule has 1 amide bonds. The third kappa shape index (κ3) is 5.04. The highest BCUT2D eigenvalue weighted by Gasteiger charge is 2.27. The molecule has 7 heteroatoms. The summed E-state index contributed by atoms with van der Waals surface area (Å²) in [5, 5.41) is 2.71. The predicted molar refractivity (Wildman–Crippen MR) is 85.3 cm³/mol. The molecule has 1 aromatic carbocycles. The SMILES string of the molecule is CC(C)(C)OC(=O)N1CCC(CNc2c(F)cc(F)cc2F)CC1. The van der Waals surface area contributed by atoms with Crippen LogP contribution >= 0.6 is 0 Å². The predicted octanol–water partition coefficient (Wildman–Crippen LogP) is 4.16. The van der Waals surface area contributed by atoms with Crippen LogP contribution in [-0.4, -0.2) is 36.2 Å². The summed E-state index contributed by atoms with van der Waals surface area (Å²) in [6.07, 6.45) is 1.07. The second kappa shape index (κ2) is 7.32. The zero-order valence-corrected chi connectivity index (χ0v) is 14.2. The average Bonchev–Trinajstić information content (AvgIpc) is 2.45. The van der Waals surface area contributed by atoms with Crippen molar-refractivity contribution in [2.75, 3.05) is 25.0 Å². The highest BCUT2D eigenvalue weighted by Crippen LogP contribution is 2.23. The van der Waals surface area contributed by atoms with Crippen LogP contribution in [0.15, 0.2) is 12.1 Å². The fourth-order valence-corrected chi connectivity index (χ4v) is 2.60. The number of amides is 1. The lowest BCUT2D eigenvalue weighted by Gasteiger charge is -2.33. The van der Waals surface area contributed by atoms with Crippen molar-refractivity contribution in [3.63, 3.8) is 0 Å². The van der Waals surface area contributed by atoms with E-state index in [2.05, 4.69) is 5.32 Å². The van der Waals surface area contributed by atoms with Crippen molar-refractivity contribution in [2.45, 2.75) is 39.2 Å². The number of carbonyl (C=O) groups is 1. The smallest absolute Gasteiger partial charge is 0.410 e. The molecule has 0 aliphatic carbocycles. The van der Waals surface area contributed by atoms with Crippen LogP contribution in [0.5, 0.6) is 0 Å². The number of anilines is 1. The van der Waals surface area contributed by atoms with E-state index in [-0.39, 0.29) is 17.7 Å². The first-order valence-corrected chi connectivity index (χ1v) is 8.02. The minimum atomic E-state index is -0.946. The first kappa shape index (κ1) is 18.4. The van der Waals surface area contributed by atoms with Gasteiger partial charge in [-0.1, -0.05) is 0 Å². The van der Waals surface area contributed by atoms with E-state index < -0.39 is 23.1 Å². The summed E-state index contributed by atoms with van der Waals surface area (Å²) in [6, 6.07) is 1.30. The zero-order valence-electron chi connectivity index (χ0n) is 14.2. The van der Waals surface area contributed by atoms with Gasteiger partial charge in [-0.25, -0.2) is 18.0 Å².